The summed E-state index contributed by atoms with van der Waals surface area (Å²) in [5.74, 6) is -1.44. The van der Waals surface area contributed by atoms with Gasteiger partial charge in [-0.3, -0.25) is 9.59 Å². The number of hydrogen-bond acceptors (Lipinski definition) is 6. The van der Waals surface area contributed by atoms with Crippen molar-refractivity contribution in [3.05, 3.63) is 0 Å². The lowest BCUT2D eigenvalue weighted by molar-refractivity contribution is -0.153. The molecule has 0 aliphatic heterocycles. The van der Waals surface area contributed by atoms with Gasteiger partial charge in [0.25, 0.3) is 0 Å². The highest BCUT2D eigenvalue weighted by molar-refractivity contribution is 5.69. The topological polar surface area (TPSA) is 102 Å². The van der Waals surface area contributed by atoms with Crippen molar-refractivity contribution in [1.29, 1.82) is 0 Å². The van der Waals surface area contributed by atoms with E-state index in [1.807, 2.05) is 0 Å². The van der Waals surface area contributed by atoms with Gasteiger partial charge in [0.2, 0.25) is 0 Å². The molecule has 0 heterocycles. The monoisotopic (exact) mass is 236 g/mol. The zero-order valence-corrected chi connectivity index (χ0v) is 8.89. The Kier molecular flexibility index (Phi) is 9.58. The molecule has 0 spiro atoms. The molecule has 0 saturated heterocycles. The number of esters is 1. The maximum absolute atomic E-state index is 10.7. The number of carboxylic acid groups (broad SMARTS) is 1. The predicted octanol–water partition coefficient (Wildman–Crippen LogP) is -0.623. The van der Waals surface area contributed by atoms with Gasteiger partial charge in [0.1, 0.15) is 0 Å². The number of carboxylic acids is 1. The number of aliphatic carboxylic acids is 1. The van der Waals surface area contributed by atoms with Gasteiger partial charge in [-0.1, -0.05) is 0 Å². The first kappa shape index (κ1) is 14.8. The Bertz CT molecular complexity index is 204. The van der Waals surface area contributed by atoms with E-state index in [0.29, 0.717) is 0 Å². The summed E-state index contributed by atoms with van der Waals surface area (Å²) in [5.41, 5.74) is 0. The Labute approximate surface area is 92.9 Å². The summed E-state index contributed by atoms with van der Waals surface area (Å²) in [6, 6.07) is 0. The van der Waals surface area contributed by atoms with Crippen LogP contribution in [-0.2, 0) is 23.8 Å². The standard InChI is InChI=1S/C9H16O7/c10-7-16-9(13)2-4-15-6-5-14-3-1-8(11)12/h10H,1-7H2,(H,11,12). The second-order valence-corrected chi connectivity index (χ2v) is 2.76. The molecule has 16 heavy (non-hydrogen) atoms. The Balaban J connectivity index is 3.09. The van der Waals surface area contributed by atoms with Crippen molar-refractivity contribution in [3.63, 3.8) is 0 Å². The summed E-state index contributed by atoms with van der Waals surface area (Å²) in [6.45, 7) is 0.262. The van der Waals surface area contributed by atoms with Crippen molar-refractivity contribution in [2.24, 2.45) is 0 Å². The number of hydrogen-bond donors (Lipinski definition) is 2. The minimum atomic E-state index is -0.910. The zero-order valence-electron chi connectivity index (χ0n) is 8.89. The summed E-state index contributed by atoms with van der Waals surface area (Å²) in [4.78, 5) is 20.8. The number of ether oxygens (including phenoxy) is 3. The van der Waals surface area contributed by atoms with E-state index in [2.05, 4.69) is 4.74 Å². The predicted molar refractivity (Wildman–Crippen MR) is 51.7 cm³/mol. The van der Waals surface area contributed by atoms with Crippen molar-refractivity contribution in [2.75, 3.05) is 33.2 Å². The molecule has 0 rings (SSSR count). The fourth-order valence-corrected chi connectivity index (χ4v) is 0.781. The average molecular weight is 236 g/mol. The third-order valence-electron chi connectivity index (χ3n) is 1.51. The minimum absolute atomic E-state index is 0.0389. The maximum Gasteiger partial charge on any atom is 0.310 e. The van der Waals surface area contributed by atoms with Crippen LogP contribution >= 0.6 is 0 Å². The third-order valence-corrected chi connectivity index (χ3v) is 1.51. The normalized spacial score (nSPS) is 10.1. The van der Waals surface area contributed by atoms with Gasteiger partial charge in [-0.15, -0.1) is 0 Å². The van der Waals surface area contributed by atoms with Crippen molar-refractivity contribution in [3.8, 4) is 0 Å². The van der Waals surface area contributed by atoms with E-state index < -0.39 is 18.7 Å². The zero-order chi connectivity index (χ0) is 12.2. The third kappa shape index (κ3) is 10.9. The van der Waals surface area contributed by atoms with Crippen LogP contribution < -0.4 is 0 Å². The summed E-state index contributed by atoms with van der Waals surface area (Å²) in [7, 11) is 0. The van der Waals surface area contributed by atoms with E-state index in [1.165, 1.54) is 0 Å². The molecule has 0 unspecified atom stereocenters. The van der Waals surface area contributed by atoms with Crippen LogP contribution in [0.1, 0.15) is 12.8 Å². The number of carbonyl (C=O) groups excluding carboxylic acids is 1. The molecule has 0 aliphatic rings. The molecule has 0 fully saturated rings. The molecule has 0 aromatic carbocycles. The van der Waals surface area contributed by atoms with Crippen LogP contribution in [0.5, 0.6) is 0 Å². The van der Waals surface area contributed by atoms with Gasteiger partial charge in [0.05, 0.1) is 39.3 Å². The van der Waals surface area contributed by atoms with Gasteiger partial charge in [-0.2, -0.15) is 0 Å². The highest BCUT2D eigenvalue weighted by Crippen LogP contribution is 1.88. The van der Waals surface area contributed by atoms with E-state index >= 15 is 0 Å². The Morgan fingerprint density at radius 2 is 1.50 bits per heavy atom. The molecule has 0 amide bonds. The van der Waals surface area contributed by atoms with Crippen molar-refractivity contribution >= 4 is 11.9 Å². The van der Waals surface area contributed by atoms with Gasteiger partial charge in [0.15, 0.2) is 6.79 Å². The van der Waals surface area contributed by atoms with Gasteiger partial charge >= 0.3 is 11.9 Å². The van der Waals surface area contributed by atoms with Gasteiger partial charge in [-0.25, -0.2) is 0 Å². The lowest BCUT2D eigenvalue weighted by Gasteiger charge is -2.04. The fraction of sp³-hybridized carbons (Fsp3) is 0.778. The first-order chi connectivity index (χ1) is 7.66. The molecule has 2 N–H and O–H groups in total. The molecule has 94 valence electrons. The van der Waals surface area contributed by atoms with Crippen LogP contribution in [0.25, 0.3) is 0 Å². The highest BCUT2D eigenvalue weighted by Gasteiger charge is 2.01. The molecule has 7 heteroatoms. The largest absolute Gasteiger partial charge is 0.481 e. The van der Waals surface area contributed by atoms with Crippen LogP contribution in [0.2, 0.25) is 0 Å². The second kappa shape index (κ2) is 10.3. The Morgan fingerprint density at radius 3 is 2.00 bits per heavy atom. The SMILES string of the molecule is O=C(O)CCOCCOCCC(=O)OCO. The van der Waals surface area contributed by atoms with Gasteiger partial charge < -0.3 is 24.4 Å². The van der Waals surface area contributed by atoms with Crippen LogP contribution in [-0.4, -0.2) is 55.4 Å². The van der Waals surface area contributed by atoms with Crippen LogP contribution in [0.15, 0.2) is 0 Å². The van der Waals surface area contributed by atoms with Crippen LogP contribution in [0.4, 0.5) is 0 Å². The Morgan fingerprint density at radius 1 is 0.938 bits per heavy atom. The van der Waals surface area contributed by atoms with E-state index in [4.69, 9.17) is 19.7 Å². The Hall–Kier alpha value is -1.18. The minimum Gasteiger partial charge on any atom is -0.481 e. The second-order valence-electron chi connectivity index (χ2n) is 2.76. The lowest BCUT2D eigenvalue weighted by atomic mass is 10.5. The molecule has 0 saturated carbocycles. The van der Waals surface area contributed by atoms with E-state index in [-0.39, 0.29) is 39.3 Å². The van der Waals surface area contributed by atoms with E-state index in [9.17, 15) is 9.59 Å². The number of carbonyl (C=O) groups is 2. The van der Waals surface area contributed by atoms with Crippen LogP contribution in [0, 0.1) is 0 Å². The molecule has 0 radical (unpaired) electrons. The van der Waals surface area contributed by atoms with Crippen LogP contribution in [0.3, 0.4) is 0 Å². The average Bonchev–Trinajstić information content (AvgIpc) is 2.22. The summed E-state index contributed by atoms with van der Waals surface area (Å²) in [6.07, 6.45) is 0.0263. The maximum atomic E-state index is 10.7. The van der Waals surface area contributed by atoms with E-state index in [1.54, 1.807) is 0 Å². The molecule has 0 atom stereocenters. The fourth-order valence-electron chi connectivity index (χ4n) is 0.781. The molecule has 0 aromatic rings. The smallest absolute Gasteiger partial charge is 0.310 e. The molecular weight excluding hydrogens is 220 g/mol. The molecule has 7 nitrogen and oxygen atoms in total. The number of aliphatic hydroxyl groups excluding tert-OH is 1. The summed E-state index contributed by atoms with van der Waals surface area (Å²) < 4.78 is 14.2. The van der Waals surface area contributed by atoms with Gasteiger partial charge in [-0.05, 0) is 0 Å². The number of aliphatic hydroxyl groups is 1. The lowest BCUT2D eigenvalue weighted by Crippen LogP contribution is -2.12. The molecular formula is C9H16O7. The van der Waals surface area contributed by atoms with E-state index in [0.717, 1.165) is 0 Å². The quantitative estimate of drug-likeness (QED) is 0.296. The molecule has 0 bridgehead atoms. The highest BCUT2D eigenvalue weighted by atomic mass is 16.6. The van der Waals surface area contributed by atoms with Gasteiger partial charge in [0, 0.05) is 0 Å². The number of rotatable bonds is 10. The van der Waals surface area contributed by atoms with Crippen molar-refractivity contribution < 1.29 is 34.0 Å². The van der Waals surface area contributed by atoms with Crippen molar-refractivity contribution in [2.45, 2.75) is 12.8 Å². The van der Waals surface area contributed by atoms with Crippen molar-refractivity contribution in [1.82, 2.24) is 0 Å². The first-order valence-corrected chi connectivity index (χ1v) is 4.80. The molecule has 0 aliphatic carbocycles. The summed E-state index contributed by atoms with van der Waals surface area (Å²) in [5, 5.41) is 16.5. The molecule has 0 aromatic heterocycles. The first-order valence-electron chi connectivity index (χ1n) is 4.80. The summed E-state index contributed by atoms with van der Waals surface area (Å²) >= 11 is 0.